The molecule has 0 aromatic rings. The fourth-order valence-electron chi connectivity index (χ4n) is 1.77. The number of rotatable bonds is 5. The molecule has 0 saturated carbocycles. The fourth-order valence-corrected chi connectivity index (χ4v) is 2.37. The lowest BCUT2D eigenvalue weighted by Gasteiger charge is -2.22. The van der Waals surface area contributed by atoms with Crippen LogP contribution in [0.4, 0.5) is 0 Å². The zero-order chi connectivity index (χ0) is 12.0. The molecule has 16 heavy (non-hydrogen) atoms. The summed E-state index contributed by atoms with van der Waals surface area (Å²) >= 11 is 0. The number of nitrogens with one attached hydrogen (secondary N) is 2. The molecule has 1 amide bonds. The maximum Gasteiger partial charge on any atom is 0.234 e. The highest BCUT2D eigenvalue weighted by atomic mass is 32.2. The van der Waals surface area contributed by atoms with Crippen LogP contribution in [-0.4, -0.2) is 32.7 Å². The molecule has 0 aromatic heterocycles. The second-order valence-corrected chi connectivity index (χ2v) is 6.13. The summed E-state index contributed by atoms with van der Waals surface area (Å²) in [4.78, 5) is 11.3. The van der Waals surface area contributed by atoms with E-state index in [4.69, 9.17) is 0 Å². The van der Waals surface area contributed by atoms with Crippen molar-refractivity contribution in [3.8, 4) is 0 Å². The Hall–Kier alpha value is -0.620. The van der Waals surface area contributed by atoms with E-state index in [-0.39, 0.29) is 12.2 Å². The number of sulfonamides is 1. The summed E-state index contributed by atoms with van der Waals surface area (Å²) in [6, 6.07) is 0.365. The standard InChI is InChI=1S/C10H20N2O3S/c1-2-16(14,15)12-10(13)7-6-9-5-3-4-8-11-9/h9,11H,2-8H2,1H3,(H,12,13). The Morgan fingerprint density at radius 3 is 2.75 bits per heavy atom. The Labute approximate surface area is 97.0 Å². The molecule has 0 aromatic carbocycles. The Morgan fingerprint density at radius 2 is 2.19 bits per heavy atom. The second-order valence-electron chi connectivity index (χ2n) is 4.11. The largest absolute Gasteiger partial charge is 0.314 e. The molecule has 1 atom stereocenters. The van der Waals surface area contributed by atoms with E-state index >= 15 is 0 Å². The van der Waals surface area contributed by atoms with Crippen molar-refractivity contribution in [2.75, 3.05) is 12.3 Å². The van der Waals surface area contributed by atoms with Gasteiger partial charge in [-0.3, -0.25) is 9.52 Å². The van der Waals surface area contributed by atoms with Crippen LogP contribution < -0.4 is 10.0 Å². The van der Waals surface area contributed by atoms with Gasteiger partial charge in [0.05, 0.1) is 5.75 Å². The van der Waals surface area contributed by atoms with Gasteiger partial charge in [0, 0.05) is 12.5 Å². The first kappa shape index (κ1) is 13.4. The molecule has 6 heteroatoms. The van der Waals surface area contributed by atoms with E-state index in [0.29, 0.717) is 12.5 Å². The molecule has 1 rings (SSSR count). The molecule has 94 valence electrons. The highest BCUT2D eigenvalue weighted by Crippen LogP contribution is 2.11. The second kappa shape index (κ2) is 6.20. The van der Waals surface area contributed by atoms with Crippen LogP contribution in [0.15, 0.2) is 0 Å². The molecule has 1 fully saturated rings. The lowest BCUT2D eigenvalue weighted by Crippen LogP contribution is -2.36. The van der Waals surface area contributed by atoms with Gasteiger partial charge in [0.25, 0.3) is 0 Å². The number of hydrogen-bond donors (Lipinski definition) is 2. The molecule has 0 aliphatic carbocycles. The van der Waals surface area contributed by atoms with Gasteiger partial charge < -0.3 is 5.32 Å². The SMILES string of the molecule is CCS(=O)(=O)NC(=O)CCC1CCCCN1. The van der Waals surface area contributed by atoms with Crippen molar-refractivity contribution in [2.24, 2.45) is 0 Å². The molecule has 0 spiro atoms. The van der Waals surface area contributed by atoms with Crippen molar-refractivity contribution in [3.63, 3.8) is 0 Å². The van der Waals surface area contributed by atoms with Crippen molar-refractivity contribution >= 4 is 15.9 Å². The Balaban J connectivity index is 2.24. The minimum absolute atomic E-state index is 0.0551. The third-order valence-corrected chi connectivity index (χ3v) is 4.08. The molecule has 0 bridgehead atoms. The van der Waals surface area contributed by atoms with Crippen molar-refractivity contribution in [1.82, 2.24) is 10.0 Å². The quantitative estimate of drug-likeness (QED) is 0.737. The zero-order valence-electron chi connectivity index (χ0n) is 9.66. The summed E-state index contributed by atoms with van der Waals surface area (Å²) < 4.78 is 24.3. The molecular formula is C10H20N2O3S. The average molecular weight is 248 g/mol. The minimum atomic E-state index is -3.39. The van der Waals surface area contributed by atoms with Crippen LogP contribution in [0.1, 0.15) is 39.0 Å². The lowest BCUT2D eigenvalue weighted by atomic mass is 10.0. The maximum atomic E-state index is 11.3. The lowest BCUT2D eigenvalue weighted by molar-refractivity contribution is -0.119. The van der Waals surface area contributed by atoms with Gasteiger partial charge in [-0.1, -0.05) is 6.42 Å². The molecule has 1 aliphatic heterocycles. The van der Waals surface area contributed by atoms with Gasteiger partial charge in [-0.25, -0.2) is 8.42 Å². The zero-order valence-corrected chi connectivity index (χ0v) is 10.5. The highest BCUT2D eigenvalue weighted by molar-refractivity contribution is 7.90. The van der Waals surface area contributed by atoms with Crippen LogP contribution in [0.5, 0.6) is 0 Å². The van der Waals surface area contributed by atoms with Gasteiger partial charge in [-0.2, -0.15) is 0 Å². The number of carbonyl (C=O) groups is 1. The van der Waals surface area contributed by atoms with Crippen molar-refractivity contribution < 1.29 is 13.2 Å². The smallest absolute Gasteiger partial charge is 0.234 e. The number of piperidine rings is 1. The van der Waals surface area contributed by atoms with Crippen LogP contribution in [0.2, 0.25) is 0 Å². The molecule has 0 radical (unpaired) electrons. The van der Waals surface area contributed by atoms with Gasteiger partial charge in [0.15, 0.2) is 0 Å². The van der Waals surface area contributed by atoms with Gasteiger partial charge in [0.1, 0.15) is 0 Å². The Morgan fingerprint density at radius 1 is 1.44 bits per heavy atom. The van der Waals surface area contributed by atoms with Gasteiger partial charge in [-0.15, -0.1) is 0 Å². The Kier molecular flexibility index (Phi) is 5.21. The minimum Gasteiger partial charge on any atom is -0.314 e. The first-order valence-corrected chi connectivity index (χ1v) is 7.45. The van der Waals surface area contributed by atoms with Crippen LogP contribution in [0.25, 0.3) is 0 Å². The molecule has 1 heterocycles. The van der Waals surface area contributed by atoms with Gasteiger partial charge in [-0.05, 0) is 32.7 Å². The molecule has 1 unspecified atom stereocenters. The number of carbonyl (C=O) groups excluding carboxylic acids is 1. The van der Waals surface area contributed by atoms with E-state index in [1.54, 1.807) is 0 Å². The highest BCUT2D eigenvalue weighted by Gasteiger charge is 2.16. The van der Waals surface area contributed by atoms with Gasteiger partial charge >= 0.3 is 0 Å². The van der Waals surface area contributed by atoms with Crippen LogP contribution >= 0.6 is 0 Å². The fraction of sp³-hybridized carbons (Fsp3) is 0.900. The molecular weight excluding hydrogens is 228 g/mol. The number of hydrogen-bond acceptors (Lipinski definition) is 4. The first-order valence-electron chi connectivity index (χ1n) is 5.80. The molecule has 2 N–H and O–H groups in total. The molecule has 1 aliphatic rings. The first-order chi connectivity index (χ1) is 7.53. The van der Waals surface area contributed by atoms with Crippen LogP contribution in [0, 0.1) is 0 Å². The summed E-state index contributed by atoms with van der Waals surface area (Å²) in [5.41, 5.74) is 0. The third kappa shape index (κ3) is 4.94. The van der Waals surface area contributed by atoms with Crippen molar-refractivity contribution in [1.29, 1.82) is 0 Å². The van der Waals surface area contributed by atoms with Crippen LogP contribution in [0.3, 0.4) is 0 Å². The third-order valence-electron chi connectivity index (χ3n) is 2.78. The topological polar surface area (TPSA) is 75.3 Å². The molecule has 1 saturated heterocycles. The summed E-state index contributed by atoms with van der Waals surface area (Å²) in [5.74, 6) is -0.449. The van der Waals surface area contributed by atoms with Crippen molar-refractivity contribution in [3.05, 3.63) is 0 Å². The van der Waals surface area contributed by atoms with Crippen LogP contribution in [-0.2, 0) is 14.8 Å². The van der Waals surface area contributed by atoms with E-state index < -0.39 is 15.9 Å². The number of amides is 1. The summed E-state index contributed by atoms with van der Waals surface area (Å²) in [7, 11) is -3.39. The van der Waals surface area contributed by atoms with E-state index in [0.717, 1.165) is 13.0 Å². The normalized spacial score (nSPS) is 21.7. The maximum absolute atomic E-state index is 11.3. The monoisotopic (exact) mass is 248 g/mol. The Bertz CT molecular complexity index is 321. The van der Waals surface area contributed by atoms with E-state index in [1.165, 1.54) is 19.8 Å². The molecule has 5 nitrogen and oxygen atoms in total. The summed E-state index contributed by atoms with van der Waals surface area (Å²) in [6.07, 6.45) is 4.44. The van der Waals surface area contributed by atoms with E-state index in [2.05, 4.69) is 10.0 Å². The predicted octanol–water partition coefficient (Wildman–Crippen LogP) is 0.375. The van der Waals surface area contributed by atoms with Crippen molar-refractivity contribution in [2.45, 2.75) is 45.1 Å². The van der Waals surface area contributed by atoms with Gasteiger partial charge in [0.2, 0.25) is 15.9 Å². The van der Waals surface area contributed by atoms with E-state index in [9.17, 15) is 13.2 Å². The summed E-state index contributed by atoms with van der Waals surface area (Å²) in [6.45, 7) is 2.51. The predicted molar refractivity (Wildman–Crippen MR) is 62.5 cm³/mol. The average Bonchev–Trinajstić information content (AvgIpc) is 2.27. The van der Waals surface area contributed by atoms with E-state index in [1.807, 2.05) is 0 Å². The summed E-state index contributed by atoms with van der Waals surface area (Å²) in [5, 5.41) is 3.32.